The van der Waals surface area contributed by atoms with Gasteiger partial charge in [0.15, 0.2) is 0 Å². The standard InChI is InChI=1S/C13H16FN3O/c1-2-3-12(13(18)16-15)17-7-6-9-8-10(14)4-5-11(9)17/h4-8,12H,2-3,15H2,1H3,(H,16,18). The number of hydrazine groups is 1. The molecule has 0 aliphatic heterocycles. The van der Waals surface area contributed by atoms with E-state index in [1.54, 1.807) is 18.3 Å². The third-order valence-electron chi connectivity index (χ3n) is 3.03. The average Bonchev–Trinajstić information content (AvgIpc) is 2.77. The predicted molar refractivity (Wildman–Crippen MR) is 68.2 cm³/mol. The van der Waals surface area contributed by atoms with Crippen molar-refractivity contribution in [3.63, 3.8) is 0 Å². The molecule has 1 unspecified atom stereocenters. The number of aromatic nitrogens is 1. The number of halogens is 1. The highest BCUT2D eigenvalue weighted by molar-refractivity contribution is 5.85. The molecule has 0 saturated carbocycles. The lowest BCUT2D eigenvalue weighted by molar-refractivity contribution is -0.124. The lowest BCUT2D eigenvalue weighted by Gasteiger charge is -2.17. The van der Waals surface area contributed by atoms with Crippen molar-refractivity contribution in [2.45, 2.75) is 25.8 Å². The molecule has 0 radical (unpaired) electrons. The summed E-state index contributed by atoms with van der Waals surface area (Å²) in [5.74, 6) is 4.69. The molecule has 5 heteroatoms. The Morgan fingerprint density at radius 1 is 1.50 bits per heavy atom. The molecule has 96 valence electrons. The normalized spacial score (nSPS) is 12.6. The lowest BCUT2D eigenvalue weighted by atomic mass is 10.1. The van der Waals surface area contributed by atoms with Gasteiger partial charge in [-0.25, -0.2) is 10.2 Å². The second-order valence-electron chi connectivity index (χ2n) is 4.24. The van der Waals surface area contributed by atoms with Gasteiger partial charge in [-0.2, -0.15) is 0 Å². The van der Waals surface area contributed by atoms with Gasteiger partial charge in [-0.1, -0.05) is 13.3 Å². The first-order valence-corrected chi connectivity index (χ1v) is 5.94. The van der Waals surface area contributed by atoms with E-state index in [9.17, 15) is 9.18 Å². The van der Waals surface area contributed by atoms with Crippen molar-refractivity contribution in [1.29, 1.82) is 0 Å². The van der Waals surface area contributed by atoms with Gasteiger partial charge in [-0.3, -0.25) is 10.2 Å². The first-order valence-electron chi connectivity index (χ1n) is 5.94. The predicted octanol–water partition coefficient (Wildman–Crippen LogP) is 2.11. The highest BCUT2D eigenvalue weighted by Crippen LogP contribution is 2.23. The quantitative estimate of drug-likeness (QED) is 0.495. The summed E-state index contributed by atoms with van der Waals surface area (Å²) >= 11 is 0. The molecule has 0 spiro atoms. The zero-order valence-electron chi connectivity index (χ0n) is 10.2. The van der Waals surface area contributed by atoms with Gasteiger partial charge in [0.25, 0.3) is 5.91 Å². The van der Waals surface area contributed by atoms with Crippen LogP contribution >= 0.6 is 0 Å². The first kappa shape index (κ1) is 12.6. The smallest absolute Gasteiger partial charge is 0.256 e. The van der Waals surface area contributed by atoms with Crippen LogP contribution in [0.1, 0.15) is 25.8 Å². The van der Waals surface area contributed by atoms with Crippen molar-refractivity contribution < 1.29 is 9.18 Å². The van der Waals surface area contributed by atoms with E-state index in [4.69, 9.17) is 5.84 Å². The third-order valence-corrected chi connectivity index (χ3v) is 3.03. The molecule has 1 amide bonds. The van der Waals surface area contributed by atoms with E-state index >= 15 is 0 Å². The van der Waals surface area contributed by atoms with Gasteiger partial charge < -0.3 is 4.57 Å². The van der Waals surface area contributed by atoms with Crippen LogP contribution < -0.4 is 11.3 Å². The summed E-state index contributed by atoms with van der Waals surface area (Å²) in [4.78, 5) is 11.8. The fourth-order valence-electron chi connectivity index (χ4n) is 2.17. The van der Waals surface area contributed by atoms with Crippen LogP contribution in [-0.4, -0.2) is 10.5 Å². The topological polar surface area (TPSA) is 60.1 Å². The maximum atomic E-state index is 13.1. The van der Waals surface area contributed by atoms with E-state index < -0.39 is 0 Å². The summed E-state index contributed by atoms with van der Waals surface area (Å²) in [5, 5.41) is 0.779. The van der Waals surface area contributed by atoms with Crippen molar-refractivity contribution in [2.75, 3.05) is 0 Å². The summed E-state index contributed by atoms with van der Waals surface area (Å²) in [7, 11) is 0. The maximum absolute atomic E-state index is 13.1. The highest BCUT2D eigenvalue weighted by Gasteiger charge is 2.19. The number of nitrogens with two attached hydrogens (primary N) is 1. The monoisotopic (exact) mass is 249 g/mol. The van der Waals surface area contributed by atoms with E-state index in [-0.39, 0.29) is 17.8 Å². The fraction of sp³-hybridized carbons (Fsp3) is 0.308. The van der Waals surface area contributed by atoms with Crippen molar-refractivity contribution >= 4 is 16.8 Å². The van der Waals surface area contributed by atoms with Crippen molar-refractivity contribution in [1.82, 2.24) is 9.99 Å². The largest absolute Gasteiger partial charge is 0.335 e. The second kappa shape index (κ2) is 5.18. The summed E-state index contributed by atoms with van der Waals surface area (Å²) in [6.07, 6.45) is 3.34. The Balaban J connectivity index is 2.47. The highest BCUT2D eigenvalue weighted by atomic mass is 19.1. The lowest BCUT2D eigenvalue weighted by Crippen LogP contribution is -2.37. The summed E-state index contributed by atoms with van der Waals surface area (Å²) in [6, 6.07) is 5.96. The van der Waals surface area contributed by atoms with Crippen LogP contribution in [0.25, 0.3) is 10.9 Å². The Labute approximate surface area is 105 Å². The number of hydrogen-bond acceptors (Lipinski definition) is 2. The number of nitrogens with one attached hydrogen (secondary N) is 1. The van der Waals surface area contributed by atoms with Gasteiger partial charge in [0.2, 0.25) is 0 Å². The Morgan fingerprint density at radius 3 is 2.94 bits per heavy atom. The molecule has 1 atom stereocenters. The van der Waals surface area contributed by atoms with Gasteiger partial charge in [0.1, 0.15) is 11.9 Å². The molecule has 0 fully saturated rings. The van der Waals surface area contributed by atoms with Gasteiger partial charge in [0, 0.05) is 17.1 Å². The molecular weight excluding hydrogens is 233 g/mol. The number of nitrogens with zero attached hydrogens (tertiary/aromatic N) is 1. The molecule has 1 aromatic heterocycles. The SMILES string of the molecule is CCCC(C(=O)NN)n1ccc2cc(F)ccc21. The Bertz CT molecular complexity index is 564. The number of carbonyl (C=O) groups is 1. The Morgan fingerprint density at radius 2 is 2.28 bits per heavy atom. The number of hydrogen-bond donors (Lipinski definition) is 2. The zero-order chi connectivity index (χ0) is 13.1. The summed E-state index contributed by atoms with van der Waals surface area (Å²) in [6.45, 7) is 2.00. The first-order chi connectivity index (χ1) is 8.67. The van der Waals surface area contributed by atoms with Gasteiger partial charge >= 0.3 is 0 Å². The fourth-order valence-corrected chi connectivity index (χ4v) is 2.17. The molecular formula is C13H16FN3O. The van der Waals surface area contributed by atoms with Crippen molar-refractivity contribution in [3.05, 3.63) is 36.3 Å². The minimum absolute atomic E-state index is 0.237. The molecule has 2 rings (SSSR count). The molecule has 0 aliphatic carbocycles. The minimum Gasteiger partial charge on any atom is -0.335 e. The van der Waals surface area contributed by atoms with E-state index in [1.807, 2.05) is 11.5 Å². The van der Waals surface area contributed by atoms with E-state index in [0.717, 1.165) is 17.3 Å². The molecule has 18 heavy (non-hydrogen) atoms. The minimum atomic E-state index is -0.358. The molecule has 1 aromatic carbocycles. The number of carbonyl (C=O) groups excluding carboxylic acids is 1. The molecule has 0 aliphatic rings. The second-order valence-corrected chi connectivity index (χ2v) is 4.24. The summed E-state index contributed by atoms with van der Waals surface area (Å²) < 4.78 is 14.9. The van der Waals surface area contributed by atoms with Crippen LogP contribution in [0.3, 0.4) is 0 Å². The molecule has 2 aromatic rings. The maximum Gasteiger partial charge on any atom is 0.256 e. The molecule has 1 heterocycles. The van der Waals surface area contributed by atoms with Crippen LogP contribution in [0.5, 0.6) is 0 Å². The van der Waals surface area contributed by atoms with E-state index in [2.05, 4.69) is 5.43 Å². The molecule has 3 N–H and O–H groups in total. The average molecular weight is 249 g/mol. The van der Waals surface area contributed by atoms with E-state index in [1.165, 1.54) is 12.1 Å². The zero-order valence-corrected chi connectivity index (χ0v) is 10.2. The van der Waals surface area contributed by atoms with Gasteiger partial charge in [-0.15, -0.1) is 0 Å². The van der Waals surface area contributed by atoms with Crippen molar-refractivity contribution in [2.24, 2.45) is 5.84 Å². The number of amides is 1. The van der Waals surface area contributed by atoms with Gasteiger partial charge in [-0.05, 0) is 30.7 Å². The Kier molecular flexibility index (Phi) is 3.62. The van der Waals surface area contributed by atoms with Crippen LogP contribution in [-0.2, 0) is 4.79 Å². The number of benzene rings is 1. The Hall–Kier alpha value is -1.88. The van der Waals surface area contributed by atoms with Crippen LogP contribution in [0.4, 0.5) is 4.39 Å². The molecule has 4 nitrogen and oxygen atoms in total. The van der Waals surface area contributed by atoms with Crippen LogP contribution in [0.2, 0.25) is 0 Å². The van der Waals surface area contributed by atoms with Crippen LogP contribution in [0.15, 0.2) is 30.5 Å². The van der Waals surface area contributed by atoms with E-state index in [0.29, 0.717) is 6.42 Å². The van der Waals surface area contributed by atoms with Crippen molar-refractivity contribution in [3.8, 4) is 0 Å². The van der Waals surface area contributed by atoms with Gasteiger partial charge in [0.05, 0.1) is 0 Å². The summed E-state index contributed by atoms with van der Waals surface area (Å²) in [5.41, 5.74) is 3.01. The van der Waals surface area contributed by atoms with Crippen LogP contribution in [0, 0.1) is 5.82 Å². The third kappa shape index (κ3) is 2.22. The number of rotatable bonds is 4. The molecule has 0 bridgehead atoms. The molecule has 0 saturated heterocycles. The number of fused-ring (bicyclic) bond motifs is 1.